The Morgan fingerprint density at radius 3 is 2.64 bits per heavy atom. The summed E-state index contributed by atoms with van der Waals surface area (Å²) >= 11 is 0. The molecule has 1 atom stereocenters. The van der Waals surface area contributed by atoms with Crippen LogP contribution in [0.25, 0.3) is 0 Å². The summed E-state index contributed by atoms with van der Waals surface area (Å²) in [5.74, 6) is 0.754. The molecule has 2 saturated heterocycles. The van der Waals surface area contributed by atoms with Crippen molar-refractivity contribution >= 4 is 24.3 Å². The summed E-state index contributed by atoms with van der Waals surface area (Å²) in [6.07, 6.45) is 4.13. The number of rotatable bonds is 6. The number of piperidine rings is 1. The first-order valence-corrected chi connectivity index (χ1v) is 9.57. The van der Waals surface area contributed by atoms with Crippen LogP contribution in [0.5, 0.6) is 5.75 Å². The highest BCUT2D eigenvalue weighted by Gasteiger charge is 2.55. The first-order valence-electron chi connectivity index (χ1n) is 9.57. The second-order valence-electron chi connectivity index (χ2n) is 7.65. The number of benzene rings is 1. The maximum atomic E-state index is 13.5. The molecule has 1 aromatic carbocycles. The molecule has 0 radical (unpaired) electrons. The van der Waals surface area contributed by atoms with Crippen LogP contribution in [0.2, 0.25) is 0 Å². The predicted octanol–water partition coefficient (Wildman–Crippen LogP) is 2.92. The molecule has 154 valence electrons. The van der Waals surface area contributed by atoms with Gasteiger partial charge in [0.05, 0.1) is 7.11 Å². The first kappa shape index (κ1) is 22.2. The molecule has 3 amide bonds. The van der Waals surface area contributed by atoms with Gasteiger partial charge in [-0.25, -0.2) is 4.79 Å². The van der Waals surface area contributed by atoms with Crippen molar-refractivity contribution in [2.24, 2.45) is 5.92 Å². The summed E-state index contributed by atoms with van der Waals surface area (Å²) in [6.45, 7) is 5.98. The second kappa shape index (κ2) is 9.43. The first-order chi connectivity index (χ1) is 13.0. The number of nitrogens with one attached hydrogen (secondary N) is 2. The Labute approximate surface area is 173 Å². The quantitative estimate of drug-likeness (QED) is 0.562. The molecule has 28 heavy (non-hydrogen) atoms. The third-order valence-corrected chi connectivity index (χ3v) is 5.54. The molecular weight excluding hydrogens is 378 g/mol. The van der Waals surface area contributed by atoms with Crippen LogP contribution in [-0.2, 0) is 11.2 Å². The van der Waals surface area contributed by atoms with Crippen molar-refractivity contribution in [1.29, 1.82) is 0 Å². The fourth-order valence-corrected chi connectivity index (χ4v) is 4.04. The summed E-state index contributed by atoms with van der Waals surface area (Å²) < 4.78 is 5.33. The van der Waals surface area contributed by atoms with Gasteiger partial charge in [-0.3, -0.25) is 9.69 Å². The molecule has 0 spiro atoms. The Hall–Kier alpha value is -2.05. The molecule has 2 aliphatic heterocycles. The molecule has 7 heteroatoms. The van der Waals surface area contributed by atoms with Crippen LogP contribution >= 0.6 is 12.4 Å². The Balaban J connectivity index is 0.00000280. The van der Waals surface area contributed by atoms with Gasteiger partial charge in [-0.05, 0) is 63.4 Å². The number of imide groups is 1. The largest absolute Gasteiger partial charge is 0.497 e. The van der Waals surface area contributed by atoms with Crippen molar-refractivity contribution in [2.45, 2.75) is 38.6 Å². The number of carbonyl (C=O) groups excluding carboxylic acids is 2. The lowest BCUT2D eigenvalue weighted by atomic mass is 9.74. The number of methoxy groups -OCH3 is 1. The molecule has 2 fully saturated rings. The van der Waals surface area contributed by atoms with Gasteiger partial charge in [-0.1, -0.05) is 23.8 Å². The highest BCUT2D eigenvalue weighted by Crippen LogP contribution is 2.35. The van der Waals surface area contributed by atoms with Crippen LogP contribution in [0.3, 0.4) is 0 Å². The van der Waals surface area contributed by atoms with Crippen LogP contribution < -0.4 is 15.4 Å². The predicted molar refractivity (Wildman–Crippen MR) is 112 cm³/mol. The standard InChI is InChI=1S/C21H29N3O3.ClH/c1-15(2)9-12-24-19(25)21(23-20(24)26,17-7-10-22-11-8-17)14-16-5-4-6-18(13-16)27-3;/h4-6,9,13,17,22H,7-8,10-12,14H2,1-3H3,(H,23,26);1H. The average molecular weight is 408 g/mol. The van der Waals surface area contributed by atoms with Crippen LogP contribution in [0.4, 0.5) is 4.79 Å². The molecule has 1 aromatic rings. The van der Waals surface area contributed by atoms with Crippen molar-refractivity contribution in [3.63, 3.8) is 0 Å². The lowest BCUT2D eigenvalue weighted by molar-refractivity contribution is -0.133. The average Bonchev–Trinajstić information content (AvgIpc) is 2.91. The fourth-order valence-electron chi connectivity index (χ4n) is 4.04. The van der Waals surface area contributed by atoms with E-state index in [1.807, 2.05) is 44.2 Å². The van der Waals surface area contributed by atoms with Crippen LogP contribution in [0.1, 0.15) is 32.3 Å². The van der Waals surface area contributed by atoms with Crippen molar-refractivity contribution in [1.82, 2.24) is 15.5 Å². The zero-order valence-corrected chi connectivity index (χ0v) is 17.6. The monoisotopic (exact) mass is 407 g/mol. The number of nitrogens with zero attached hydrogens (tertiary/aromatic N) is 1. The van der Waals surface area contributed by atoms with E-state index >= 15 is 0 Å². The number of ether oxygens (including phenoxy) is 1. The van der Waals surface area contributed by atoms with E-state index in [-0.39, 0.29) is 30.3 Å². The van der Waals surface area contributed by atoms with Crippen molar-refractivity contribution in [3.05, 3.63) is 41.5 Å². The van der Waals surface area contributed by atoms with E-state index in [4.69, 9.17) is 4.74 Å². The number of hydrogen-bond donors (Lipinski definition) is 2. The Morgan fingerprint density at radius 2 is 2.00 bits per heavy atom. The SMILES string of the molecule is COc1cccc(CC2(C3CCNCC3)NC(=O)N(CC=C(C)C)C2=O)c1.Cl. The van der Waals surface area contributed by atoms with Gasteiger partial charge in [-0.15, -0.1) is 12.4 Å². The smallest absolute Gasteiger partial charge is 0.325 e. The van der Waals surface area contributed by atoms with E-state index in [1.54, 1.807) is 7.11 Å². The third-order valence-electron chi connectivity index (χ3n) is 5.54. The van der Waals surface area contributed by atoms with Gasteiger partial charge in [0, 0.05) is 13.0 Å². The van der Waals surface area contributed by atoms with Gasteiger partial charge in [0.25, 0.3) is 5.91 Å². The zero-order chi connectivity index (χ0) is 19.4. The summed E-state index contributed by atoms with van der Waals surface area (Å²) in [5.41, 5.74) is 1.19. The minimum Gasteiger partial charge on any atom is -0.497 e. The Kier molecular flexibility index (Phi) is 7.49. The van der Waals surface area contributed by atoms with E-state index in [0.29, 0.717) is 13.0 Å². The maximum Gasteiger partial charge on any atom is 0.325 e. The molecule has 1 unspecified atom stereocenters. The number of hydrogen-bond acceptors (Lipinski definition) is 4. The topological polar surface area (TPSA) is 70.7 Å². The summed E-state index contributed by atoms with van der Waals surface area (Å²) in [6, 6.07) is 7.45. The van der Waals surface area contributed by atoms with Gasteiger partial charge in [0.15, 0.2) is 0 Å². The second-order valence-corrected chi connectivity index (χ2v) is 7.65. The van der Waals surface area contributed by atoms with E-state index in [2.05, 4.69) is 10.6 Å². The molecule has 2 heterocycles. The van der Waals surface area contributed by atoms with E-state index in [0.717, 1.165) is 42.8 Å². The van der Waals surface area contributed by atoms with Crippen LogP contribution in [0.15, 0.2) is 35.9 Å². The molecular formula is C21H30ClN3O3. The molecule has 0 aliphatic carbocycles. The molecule has 2 aliphatic rings. The molecule has 0 aromatic heterocycles. The Bertz CT molecular complexity index is 742. The molecule has 0 saturated carbocycles. The van der Waals surface area contributed by atoms with Crippen molar-refractivity contribution in [3.8, 4) is 5.75 Å². The lowest BCUT2D eigenvalue weighted by Crippen LogP contribution is -2.57. The summed E-state index contributed by atoms with van der Waals surface area (Å²) in [4.78, 5) is 27.5. The van der Waals surface area contributed by atoms with Gasteiger partial charge in [-0.2, -0.15) is 0 Å². The van der Waals surface area contributed by atoms with Gasteiger partial charge >= 0.3 is 6.03 Å². The number of amides is 3. The molecule has 3 rings (SSSR count). The third kappa shape index (κ3) is 4.50. The minimum atomic E-state index is -0.888. The van der Waals surface area contributed by atoms with E-state index in [9.17, 15) is 9.59 Å². The Morgan fingerprint density at radius 1 is 1.29 bits per heavy atom. The number of urea groups is 1. The van der Waals surface area contributed by atoms with Crippen molar-refractivity contribution in [2.75, 3.05) is 26.7 Å². The van der Waals surface area contributed by atoms with E-state index in [1.165, 1.54) is 4.90 Å². The van der Waals surface area contributed by atoms with E-state index < -0.39 is 5.54 Å². The number of allylic oxidation sites excluding steroid dienone is 1. The number of carbonyl (C=O) groups is 2. The maximum absolute atomic E-state index is 13.5. The van der Waals surface area contributed by atoms with Crippen LogP contribution in [0, 0.1) is 5.92 Å². The fraction of sp³-hybridized carbons (Fsp3) is 0.524. The molecule has 6 nitrogen and oxygen atoms in total. The highest BCUT2D eigenvalue weighted by atomic mass is 35.5. The minimum absolute atomic E-state index is 0. The summed E-state index contributed by atoms with van der Waals surface area (Å²) in [7, 11) is 1.63. The number of halogens is 1. The van der Waals surface area contributed by atoms with Crippen molar-refractivity contribution < 1.29 is 14.3 Å². The normalized spacial score (nSPS) is 22.5. The lowest BCUT2D eigenvalue weighted by Gasteiger charge is -2.38. The van der Waals surface area contributed by atoms with Gasteiger partial charge in [0.2, 0.25) is 0 Å². The van der Waals surface area contributed by atoms with Crippen LogP contribution in [-0.4, -0.2) is 49.1 Å². The highest BCUT2D eigenvalue weighted by molar-refractivity contribution is 6.07. The molecule has 0 bridgehead atoms. The summed E-state index contributed by atoms with van der Waals surface area (Å²) in [5, 5.41) is 6.43. The zero-order valence-electron chi connectivity index (χ0n) is 16.8. The van der Waals surface area contributed by atoms with Gasteiger partial charge in [0.1, 0.15) is 11.3 Å². The molecule has 2 N–H and O–H groups in total. The van der Waals surface area contributed by atoms with Gasteiger partial charge < -0.3 is 15.4 Å².